The molecule has 0 bridgehead atoms. The first-order valence-electron chi connectivity index (χ1n) is 11.4. The molecule has 3 aliphatic carbocycles. The molecular weight excluding hydrogens is 374 g/mol. The van der Waals surface area contributed by atoms with E-state index in [1.165, 1.54) is 50.2 Å². The second-order valence-electron chi connectivity index (χ2n) is 10.3. The monoisotopic (exact) mass is 403 g/mol. The summed E-state index contributed by atoms with van der Waals surface area (Å²) in [6, 6.07) is 25.0. The maximum absolute atomic E-state index is 3.82. The molecule has 154 valence electrons. The first-order chi connectivity index (χ1) is 14.9. The minimum atomic E-state index is 0.0378. The third kappa shape index (κ3) is 2.56. The van der Waals surface area contributed by atoms with E-state index in [9.17, 15) is 0 Å². The highest BCUT2D eigenvalue weighted by Crippen LogP contribution is 2.52. The van der Waals surface area contributed by atoms with Crippen molar-refractivity contribution in [1.29, 1.82) is 0 Å². The summed E-state index contributed by atoms with van der Waals surface area (Å²) in [5.74, 6) is 0. The van der Waals surface area contributed by atoms with Gasteiger partial charge in [0.1, 0.15) is 0 Å². The second-order valence-corrected chi connectivity index (χ2v) is 10.3. The smallest absolute Gasteiger partial charge is 0.0488 e. The van der Waals surface area contributed by atoms with E-state index in [-0.39, 0.29) is 10.8 Å². The Morgan fingerprint density at radius 1 is 0.710 bits per heavy atom. The fourth-order valence-electron chi connectivity index (χ4n) is 6.06. The second kappa shape index (κ2) is 6.23. The summed E-state index contributed by atoms with van der Waals surface area (Å²) in [7, 11) is 0. The van der Waals surface area contributed by atoms with Crippen molar-refractivity contribution in [2.45, 2.75) is 51.0 Å². The molecule has 1 atom stereocenters. The Morgan fingerprint density at radius 3 is 2.13 bits per heavy atom. The molecule has 0 saturated heterocycles. The van der Waals surface area contributed by atoms with Crippen LogP contribution in [-0.2, 0) is 10.8 Å². The quantitative estimate of drug-likeness (QED) is 0.468. The lowest BCUT2D eigenvalue weighted by Gasteiger charge is -2.27. The largest absolute Gasteiger partial charge is 0.378 e. The zero-order valence-electron chi connectivity index (χ0n) is 18.8. The van der Waals surface area contributed by atoms with Crippen molar-refractivity contribution in [3.05, 3.63) is 107 Å². The van der Waals surface area contributed by atoms with Crippen molar-refractivity contribution in [3.8, 4) is 11.1 Å². The van der Waals surface area contributed by atoms with Gasteiger partial charge in [0.05, 0.1) is 0 Å². The first kappa shape index (κ1) is 18.7. The molecule has 3 aromatic carbocycles. The van der Waals surface area contributed by atoms with Gasteiger partial charge in [0.15, 0.2) is 0 Å². The van der Waals surface area contributed by atoms with Gasteiger partial charge in [-0.05, 0) is 63.1 Å². The van der Waals surface area contributed by atoms with Crippen molar-refractivity contribution >= 4 is 11.3 Å². The lowest BCUT2D eigenvalue weighted by molar-refractivity contribution is 0.651. The zero-order chi connectivity index (χ0) is 21.4. The summed E-state index contributed by atoms with van der Waals surface area (Å²) in [6.07, 6.45) is 5.94. The lowest BCUT2D eigenvalue weighted by Crippen LogP contribution is -2.22. The van der Waals surface area contributed by atoms with Crippen molar-refractivity contribution in [1.82, 2.24) is 0 Å². The summed E-state index contributed by atoms with van der Waals surface area (Å²) >= 11 is 0. The molecular formula is C30H29N. The SMILES string of the molecule is CC1(C)C2=CCC(Nc3ccc4c(c3)C(C)(C)c3ccccc3-4)C=C2c2ccccc21. The minimum Gasteiger partial charge on any atom is -0.378 e. The standard InChI is InChI=1S/C30H29N/c1-29(2)26-12-8-6-10-22(26)24-17-19(14-16-27(24)29)31-20-13-15-23-21-9-5-7-11-25(21)30(3,4)28(23)18-20/h5-13,15-19,31H,14H2,1-4H3. The fourth-order valence-corrected chi connectivity index (χ4v) is 6.06. The maximum Gasteiger partial charge on any atom is 0.0488 e. The molecule has 0 saturated carbocycles. The number of allylic oxidation sites excluding steroid dienone is 2. The van der Waals surface area contributed by atoms with Crippen LogP contribution in [0.15, 0.2) is 84.5 Å². The highest BCUT2D eigenvalue weighted by molar-refractivity contribution is 5.91. The average Bonchev–Trinajstić information content (AvgIpc) is 3.14. The van der Waals surface area contributed by atoms with Crippen LogP contribution in [0.4, 0.5) is 5.69 Å². The third-order valence-electron chi connectivity index (χ3n) is 7.73. The summed E-state index contributed by atoms with van der Waals surface area (Å²) in [5.41, 5.74) is 12.7. The lowest BCUT2D eigenvalue weighted by atomic mass is 9.80. The van der Waals surface area contributed by atoms with Crippen LogP contribution in [0, 0.1) is 0 Å². The topological polar surface area (TPSA) is 12.0 Å². The summed E-state index contributed by atoms with van der Waals surface area (Å²) in [5, 5.41) is 3.82. The molecule has 6 rings (SSSR count). The van der Waals surface area contributed by atoms with Crippen LogP contribution in [0.5, 0.6) is 0 Å². The molecule has 1 N–H and O–H groups in total. The van der Waals surface area contributed by atoms with Gasteiger partial charge in [0.25, 0.3) is 0 Å². The number of fused-ring (bicyclic) bond motifs is 6. The molecule has 0 aromatic heterocycles. The van der Waals surface area contributed by atoms with Crippen LogP contribution >= 0.6 is 0 Å². The number of anilines is 1. The maximum atomic E-state index is 3.82. The molecule has 31 heavy (non-hydrogen) atoms. The van der Waals surface area contributed by atoms with Gasteiger partial charge in [-0.15, -0.1) is 0 Å². The Bertz CT molecular complexity index is 1290. The molecule has 0 aliphatic heterocycles. The fraction of sp³-hybridized carbons (Fsp3) is 0.267. The molecule has 1 nitrogen and oxygen atoms in total. The molecule has 0 fully saturated rings. The van der Waals surface area contributed by atoms with Crippen LogP contribution in [0.3, 0.4) is 0 Å². The minimum absolute atomic E-state index is 0.0378. The van der Waals surface area contributed by atoms with Gasteiger partial charge in [-0.25, -0.2) is 0 Å². The summed E-state index contributed by atoms with van der Waals surface area (Å²) < 4.78 is 0. The number of nitrogens with one attached hydrogen (secondary N) is 1. The average molecular weight is 404 g/mol. The Morgan fingerprint density at radius 2 is 1.35 bits per heavy atom. The van der Waals surface area contributed by atoms with Crippen molar-refractivity contribution in [3.63, 3.8) is 0 Å². The predicted octanol–water partition coefficient (Wildman–Crippen LogP) is 7.48. The Kier molecular flexibility index (Phi) is 3.76. The van der Waals surface area contributed by atoms with Gasteiger partial charge < -0.3 is 5.32 Å². The van der Waals surface area contributed by atoms with E-state index in [0.29, 0.717) is 6.04 Å². The Labute approximate surface area is 185 Å². The normalized spacial score (nSPS) is 21.4. The van der Waals surface area contributed by atoms with Crippen LogP contribution in [-0.4, -0.2) is 6.04 Å². The van der Waals surface area contributed by atoms with Gasteiger partial charge >= 0.3 is 0 Å². The van der Waals surface area contributed by atoms with E-state index in [4.69, 9.17) is 0 Å². The van der Waals surface area contributed by atoms with Gasteiger partial charge in [-0.1, -0.05) is 94.4 Å². The molecule has 0 amide bonds. The van der Waals surface area contributed by atoms with E-state index >= 15 is 0 Å². The van der Waals surface area contributed by atoms with E-state index in [1.54, 1.807) is 0 Å². The van der Waals surface area contributed by atoms with E-state index < -0.39 is 0 Å². The number of benzene rings is 3. The predicted molar refractivity (Wildman–Crippen MR) is 132 cm³/mol. The number of rotatable bonds is 2. The van der Waals surface area contributed by atoms with E-state index in [2.05, 4.69) is 112 Å². The molecule has 1 heteroatoms. The third-order valence-corrected chi connectivity index (χ3v) is 7.73. The van der Waals surface area contributed by atoms with Gasteiger partial charge in [-0.2, -0.15) is 0 Å². The first-order valence-corrected chi connectivity index (χ1v) is 11.4. The van der Waals surface area contributed by atoms with Crippen molar-refractivity contribution in [2.24, 2.45) is 0 Å². The molecule has 0 radical (unpaired) electrons. The van der Waals surface area contributed by atoms with E-state index in [0.717, 1.165) is 6.42 Å². The van der Waals surface area contributed by atoms with Crippen LogP contribution in [0.25, 0.3) is 16.7 Å². The summed E-state index contributed by atoms with van der Waals surface area (Å²) in [4.78, 5) is 0. The summed E-state index contributed by atoms with van der Waals surface area (Å²) in [6.45, 7) is 9.40. The van der Waals surface area contributed by atoms with Crippen LogP contribution < -0.4 is 5.32 Å². The van der Waals surface area contributed by atoms with Crippen LogP contribution in [0.1, 0.15) is 56.4 Å². The zero-order valence-corrected chi connectivity index (χ0v) is 18.8. The highest BCUT2D eigenvalue weighted by Gasteiger charge is 2.39. The Hall–Kier alpha value is -3.06. The van der Waals surface area contributed by atoms with Gasteiger partial charge in [0, 0.05) is 22.6 Å². The van der Waals surface area contributed by atoms with Crippen molar-refractivity contribution in [2.75, 3.05) is 5.32 Å². The van der Waals surface area contributed by atoms with Gasteiger partial charge in [-0.3, -0.25) is 0 Å². The number of hydrogen-bond acceptors (Lipinski definition) is 1. The molecule has 0 heterocycles. The van der Waals surface area contributed by atoms with E-state index in [1.807, 2.05) is 0 Å². The molecule has 1 unspecified atom stereocenters. The molecule has 3 aromatic rings. The molecule has 3 aliphatic rings. The van der Waals surface area contributed by atoms with Crippen molar-refractivity contribution < 1.29 is 0 Å². The highest BCUT2D eigenvalue weighted by atomic mass is 14.9. The Balaban J connectivity index is 1.34. The van der Waals surface area contributed by atoms with Crippen LogP contribution in [0.2, 0.25) is 0 Å². The number of hydrogen-bond donors (Lipinski definition) is 1. The van der Waals surface area contributed by atoms with Gasteiger partial charge in [0.2, 0.25) is 0 Å². The molecule has 0 spiro atoms.